The van der Waals surface area contributed by atoms with Crippen molar-refractivity contribution in [1.82, 2.24) is 8.75 Å². The van der Waals surface area contributed by atoms with Gasteiger partial charge in [0.05, 0.1) is 17.3 Å². The van der Waals surface area contributed by atoms with E-state index in [2.05, 4.69) is 8.75 Å². The minimum atomic E-state index is -1.97. The number of nitrogens with zero attached hydrogens (tertiary/aromatic N) is 3. The molecule has 0 radical (unpaired) electrons. The van der Waals surface area contributed by atoms with E-state index in [4.69, 9.17) is 10.5 Å². The largest absolute Gasteiger partial charge is 0.421 e. The fourth-order valence-corrected chi connectivity index (χ4v) is 5.58. The average Bonchev–Trinajstić information content (AvgIpc) is 3.60. The highest BCUT2D eigenvalue weighted by atomic mass is 32.1. The Hall–Kier alpha value is -3.60. The molecule has 1 aliphatic heterocycles. The number of esters is 1. The number of benzene rings is 2. The molecule has 2 aromatic heterocycles. The van der Waals surface area contributed by atoms with Gasteiger partial charge in [-0.15, -0.1) is 11.3 Å². The fraction of sp³-hybridized carbons (Fsp3) is 0.231. The second kappa shape index (κ2) is 9.81. The summed E-state index contributed by atoms with van der Waals surface area (Å²) in [4.78, 5) is 27.7. The molecule has 184 valence electrons. The standard InChI is InChI=1S/C26H24N4O4S2/c1-2-3-12-30(25(27)32)18-9-7-17(8-10-18)26(33)20(15-19-5-4-13-35-19)23(24(31)34-26)16-6-11-21-22(14-16)29-36-28-21/h4-11,13-14,33H,2-3,12,15H2,1H3,(H2,27,32). The lowest BCUT2D eigenvalue weighted by Gasteiger charge is -2.26. The number of rotatable bonds is 8. The van der Waals surface area contributed by atoms with Gasteiger partial charge in [0, 0.05) is 34.7 Å². The van der Waals surface area contributed by atoms with E-state index < -0.39 is 17.8 Å². The summed E-state index contributed by atoms with van der Waals surface area (Å²) in [6, 6.07) is 15.4. The molecule has 2 amide bonds. The lowest BCUT2D eigenvalue weighted by atomic mass is 9.89. The molecule has 0 saturated heterocycles. The number of fused-ring (bicyclic) bond motifs is 1. The van der Waals surface area contributed by atoms with E-state index in [1.54, 1.807) is 42.5 Å². The number of urea groups is 1. The van der Waals surface area contributed by atoms with Crippen molar-refractivity contribution in [3.05, 3.63) is 81.6 Å². The summed E-state index contributed by atoms with van der Waals surface area (Å²) < 4.78 is 14.2. The molecule has 1 unspecified atom stereocenters. The molecule has 2 aromatic carbocycles. The van der Waals surface area contributed by atoms with Gasteiger partial charge in [-0.25, -0.2) is 9.59 Å². The monoisotopic (exact) mass is 520 g/mol. The van der Waals surface area contributed by atoms with Crippen LogP contribution in [0, 0.1) is 0 Å². The molecule has 8 nitrogen and oxygen atoms in total. The van der Waals surface area contributed by atoms with Crippen molar-refractivity contribution in [3.63, 3.8) is 0 Å². The molecule has 3 N–H and O–H groups in total. The Kier molecular flexibility index (Phi) is 6.57. The van der Waals surface area contributed by atoms with Crippen molar-refractivity contribution in [2.45, 2.75) is 32.0 Å². The highest BCUT2D eigenvalue weighted by Crippen LogP contribution is 2.45. The van der Waals surface area contributed by atoms with E-state index in [1.165, 1.54) is 16.2 Å². The number of hydrogen-bond donors (Lipinski definition) is 2. The Morgan fingerprint density at radius 3 is 2.61 bits per heavy atom. The van der Waals surface area contributed by atoms with Crippen LogP contribution in [-0.4, -0.2) is 32.4 Å². The van der Waals surface area contributed by atoms with Crippen LogP contribution >= 0.6 is 23.1 Å². The molecule has 36 heavy (non-hydrogen) atoms. The first-order chi connectivity index (χ1) is 17.4. The Morgan fingerprint density at radius 1 is 1.14 bits per heavy atom. The molecule has 4 aromatic rings. The van der Waals surface area contributed by atoms with Crippen LogP contribution < -0.4 is 10.6 Å². The third-order valence-electron chi connectivity index (χ3n) is 6.20. The van der Waals surface area contributed by atoms with Crippen LogP contribution in [0.2, 0.25) is 0 Å². The molecule has 1 aliphatic rings. The topological polar surface area (TPSA) is 119 Å². The number of anilines is 1. The number of amides is 2. The third kappa shape index (κ3) is 4.39. The van der Waals surface area contributed by atoms with E-state index in [9.17, 15) is 14.7 Å². The summed E-state index contributed by atoms with van der Waals surface area (Å²) in [5, 5.41) is 13.8. The van der Waals surface area contributed by atoms with Gasteiger partial charge < -0.3 is 15.6 Å². The molecule has 0 saturated carbocycles. The average molecular weight is 521 g/mol. The lowest BCUT2D eigenvalue weighted by molar-refractivity contribution is -0.185. The molecule has 0 aliphatic carbocycles. The van der Waals surface area contributed by atoms with Crippen LogP contribution in [0.4, 0.5) is 10.5 Å². The molecule has 1 atom stereocenters. The van der Waals surface area contributed by atoms with E-state index in [0.29, 0.717) is 46.4 Å². The van der Waals surface area contributed by atoms with Crippen molar-refractivity contribution in [2.24, 2.45) is 5.73 Å². The van der Waals surface area contributed by atoms with Gasteiger partial charge >= 0.3 is 12.0 Å². The first-order valence-corrected chi connectivity index (χ1v) is 13.1. The molecule has 3 heterocycles. The Labute approximate surface area is 216 Å². The van der Waals surface area contributed by atoms with Crippen molar-refractivity contribution >= 4 is 57.4 Å². The maximum atomic E-state index is 13.2. The van der Waals surface area contributed by atoms with E-state index >= 15 is 0 Å². The van der Waals surface area contributed by atoms with Crippen molar-refractivity contribution in [3.8, 4) is 0 Å². The fourth-order valence-electron chi connectivity index (χ4n) is 4.35. The number of unbranched alkanes of at least 4 members (excludes halogenated alkanes) is 1. The quantitative estimate of drug-likeness (QED) is 0.321. The smallest absolute Gasteiger partial charge is 0.342 e. The van der Waals surface area contributed by atoms with Crippen LogP contribution in [0.1, 0.15) is 35.8 Å². The SMILES string of the molecule is CCCCN(C(N)=O)c1ccc(C2(O)OC(=O)C(c3ccc4nsnc4c3)=C2Cc2cccs2)cc1. The predicted molar refractivity (Wildman–Crippen MR) is 141 cm³/mol. The minimum Gasteiger partial charge on any atom is -0.421 e. The van der Waals surface area contributed by atoms with E-state index in [1.807, 2.05) is 24.4 Å². The first kappa shape index (κ1) is 24.1. The summed E-state index contributed by atoms with van der Waals surface area (Å²) in [6.07, 6.45) is 2.05. The zero-order chi connectivity index (χ0) is 25.3. The summed E-state index contributed by atoms with van der Waals surface area (Å²) in [5.74, 6) is -2.58. The third-order valence-corrected chi connectivity index (χ3v) is 7.63. The molecule has 5 rings (SSSR count). The number of aliphatic hydroxyl groups is 1. The van der Waals surface area contributed by atoms with Gasteiger partial charge in [0.15, 0.2) is 0 Å². The normalized spacial score (nSPS) is 17.6. The van der Waals surface area contributed by atoms with E-state index in [-0.39, 0.29) is 0 Å². The number of nitrogens with two attached hydrogens (primary N) is 1. The Bertz CT molecular complexity index is 1450. The van der Waals surface area contributed by atoms with Crippen molar-refractivity contribution < 1.29 is 19.4 Å². The number of hydrogen-bond acceptors (Lipinski definition) is 8. The zero-order valence-electron chi connectivity index (χ0n) is 19.5. The number of aromatic nitrogens is 2. The minimum absolute atomic E-state index is 0.312. The molecule has 10 heteroatoms. The van der Waals surface area contributed by atoms with Gasteiger partial charge in [0.2, 0.25) is 0 Å². The summed E-state index contributed by atoms with van der Waals surface area (Å²) in [6.45, 7) is 2.53. The van der Waals surface area contributed by atoms with Crippen LogP contribution in [-0.2, 0) is 21.7 Å². The number of primary amides is 1. The molecule has 0 spiro atoms. The first-order valence-electron chi connectivity index (χ1n) is 11.5. The maximum absolute atomic E-state index is 13.2. The Morgan fingerprint density at radius 2 is 1.92 bits per heavy atom. The van der Waals surface area contributed by atoms with Crippen molar-refractivity contribution in [2.75, 3.05) is 11.4 Å². The Balaban J connectivity index is 1.58. The second-order valence-electron chi connectivity index (χ2n) is 8.50. The zero-order valence-corrected chi connectivity index (χ0v) is 21.1. The highest BCUT2D eigenvalue weighted by Gasteiger charge is 2.48. The van der Waals surface area contributed by atoms with Crippen LogP contribution in [0.25, 0.3) is 16.6 Å². The maximum Gasteiger partial charge on any atom is 0.342 e. The van der Waals surface area contributed by atoms with Gasteiger partial charge in [-0.05, 0) is 47.7 Å². The van der Waals surface area contributed by atoms with E-state index in [0.717, 1.165) is 35.0 Å². The molecule has 0 bridgehead atoms. The second-order valence-corrected chi connectivity index (χ2v) is 10.1. The van der Waals surface area contributed by atoms with Crippen molar-refractivity contribution in [1.29, 1.82) is 0 Å². The molecular weight excluding hydrogens is 496 g/mol. The van der Waals surface area contributed by atoms with Crippen LogP contribution in [0.5, 0.6) is 0 Å². The number of ether oxygens (including phenoxy) is 1. The summed E-state index contributed by atoms with van der Waals surface area (Å²) in [5.41, 5.74) is 9.36. The number of carbonyl (C=O) groups is 2. The van der Waals surface area contributed by atoms with Gasteiger partial charge in [-0.1, -0.05) is 37.6 Å². The number of carbonyl (C=O) groups excluding carboxylic acids is 2. The molecule has 0 fully saturated rings. The summed E-state index contributed by atoms with van der Waals surface area (Å²) in [7, 11) is 0. The summed E-state index contributed by atoms with van der Waals surface area (Å²) >= 11 is 2.63. The van der Waals surface area contributed by atoms with Crippen LogP contribution in [0.3, 0.4) is 0 Å². The molecular formula is C26H24N4O4S2. The van der Waals surface area contributed by atoms with Gasteiger partial charge in [-0.3, -0.25) is 4.90 Å². The van der Waals surface area contributed by atoms with Crippen LogP contribution in [0.15, 0.2) is 65.6 Å². The van der Waals surface area contributed by atoms with Gasteiger partial charge in [0.1, 0.15) is 11.0 Å². The highest BCUT2D eigenvalue weighted by molar-refractivity contribution is 7.09. The number of thiophene rings is 1. The van der Waals surface area contributed by atoms with Gasteiger partial charge in [0.25, 0.3) is 5.79 Å². The number of cyclic esters (lactones) is 1. The van der Waals surface area contributed by atoms with Gasteiger partial charge in [-0.2, -0.15) is 8.75 Å². The lowest BCUT2D eigenvalue weighted by Crippen LogP contribution is -2.36. The predicted octanol–water partition coefficient (Wildman–Crippen LogP) is 4.84.